The number of amides is 1. The summed E-state index contributed by atoms with van der Waals surface area (Å²) in [6.07, 6.45) is 5.58. The van der Waals surface area contributed by atoms with E-state index in [1.807, 2.05) is 0 Å². The highest BCUT2D eigenvalue weighted by Gasteiger charge is 2.33. The lowest BCUT2D eigenvalue weighted by Gasteiger charge is -2.37. The number of hydrogen-bond donors (Lipinski definition) is 1. The molecule has 1 saturated carbocycles. The SMILES string of the molecule is C[C@@H]1CC[C@H](C)N1CCN1CCN(C(=O)[C@H]2CC[C@@H](N)C2)CC1. The van der Waals surface area contributed by atoms with E-state index in [0.717, 1.165) is 64.1 Å². The summed E-state index contributed by atoms with van der Waals surface area (Å²) in [5, 5.41) is 0. The zero-order valence-corrected chi connectivity index (χ0v) is 14.9. The molecule has 2 N–H and O–H groups in total. The highest BCUT2D eigenvalue weighted by atomic mass is 16.2. The summed E-state index contributed by atoms with van der Waals surface area (Å²) in [6, 6.07) is 1.72. The molecule has 3 fully saturated rings. The Kier molecular flexibility index (Phi) is 5.60. The highest BCUT2D eigenvalue weighted by Crippen LogP contribution is 2.26. The predicted octanol–water partition coefficient (Wildman–Crippen LogP) is 1.13. The Morgan fingerprint density at radius 3 is 2.17 bits per heavy atom. The molecule has 3 rings (SSSR count). The Morgan fingerprint density at radius 1 is 0.957 bits per heavy atom. The van der Waals surface area contributed by atoms with Crippen molar-refractivity contribution in [3.05, 3.63) is 0 Å². The second kappa shape index (κ2) is 7.49. The maximum absolute atomic E-state index is 12.5. The molecular weight excluding hydrogens is 288 g/mol. The van der Waals surface area contributed by atoms with Crippen molar-refractivity contribution in [3.63, 3.8) is 0 Å². The van der Waals surface area contributed by atoms with Crippen molar-refractivity contribution < 1.29 is 4.79 Å². The lowest BCUT2D eigenvalue weighted by molar-refractivity contribution is -0.137. The molecular formula is C18H34N4O. The van der Waals surface area contributed by atoms with Crippen LogP contribution in [0.4, 0.5) is 0 Å². The van der Waals surface area contributed by atoms with Crippen LogP contribution >= 0.6 is 0 Å². The molecule has 0 spiro atoms. The van der Waals surface area contributed by atoms with E-state index in [9.17, 15) is 4.79 Å². The Balaban J connectivity index is 1.39. The van der Waals surface area contributed by atoms with Crippen LogP contribution in [0.25, 0.3) is 0 Å². The van der Waals surface area contributed by atoms with Crippen molar-refractivity contribution in [1.29, 1.82) is 0 Å². The fraction of sp³-hybridized carbons (Fsp3) is 0.944. The van der Waals surface area contributed by atoms with E-state index in [4.69, 9.17) is 5.73 Å². The van der Waals surface area contributed by atoms with Crippen LogP contribution in [0.15, 0.2) is 0 Å². The first kappa shape index (κ1) is 17.2. The molecule has 5 heteroatoms. The van der Waals surface area contributed by atoms with E-state index >= 15 is 0 Å². The molecule has 0 aromatic carbocycles. The first-order chi connectivity index (χ1) is 11.0. The van der Waals surface area contributed by atoms with E-state index in [1.165, 1.54) is 19.4 Å². The Bertz CT molecular complexity index is 398. The van der Waals surface area contributed by atoms with Gasteiger partial charge < -0.3 is 10.6 Å². The van der Waals surface area contributed by atoms with Crippen molar-refractivity contribution in [2.24, 2.45) is 11.7 Å². The van der Waals surface area contributed by atoms with E-state index in [0.29, 0.717) is 5.91 Å². The fourth-order valence-electron chi connectivity index (χ4n) is 4.64. The maximum atomic E-state index is 12.5. The number of hydrogen-bond acceptors (Lipinski definition) is 4. The molecule has 0 radical (unpaired) electrons. The summed E-state index contributed by atoms with van der Waals surface area (Å²) < 4.78 is 0. The van der Waals surface area contributed by atoms with Crippen molar-refractivity contribution in [3.8, 4) is 0 Å². The van der Waals surface area contributed by atoms with Crippen molar-refractivity contribution in [2.45, 2.75) is 64.1 Å². The second-order valence-corrected chi connectivity index (χ2v) is 7.95. The molecule has 1 amide bonds. The average molecular weight is 322 g/mol. The minimum absolute atomic E-state index is 0.197. The summed E-state index contributed by atoms with van der Waals surface area (Å²) in [5.41, 5.74) is 5.95. The first-order valence-corrected chi connectivity index (χ1v) is 9.57. The third-order valence-electron chi connectivity index (χ3n) is 6.32. The topological polar surface area (TPSA) is 52.8 Å². The monoisotopic (exact) mass is 322 g/mol. The quantitative estimate of drug-likeness (QED) is 0.843. The van der Waals surface area contributed by atoms with E-state index < -0.39 is 0 Å². The average Bonchev–Trinajstić information content (AvgIpc) is 3.12. The molecule has 2 heterocycles. The molecule has 1 aliphatic carbocycles. The molecule has 132 valence electrons. The van der Waals surface area contributed by atoms with Crippen LogP contribution in [0.1, 0.15) is 46.0 Å². The molecule has 5 nitrogen and oxygen atoms in total. The highest BCUT2D eigenvalue weighted by molar-refractivity contribution is 5.79. The largest absolute Gasteiger partial charge is 0.340 e. The van der Waals surface area contributed by atoms with Gasteiger partial charge in [-0.3, -0.25) is 14.6 Å². The van der Waals surface area contributed by atoms with Gasteiger partial charge in [-0.1, -0.05) is 0 Å². The predicted molar refractivity (Wildman–Crippen MR) is 93.2 cm³/mol. The number of nitrogens with zero attached hydrogens (tertiary/aromatic N) is 3. The normalized spacial score (nSPS) is 36.7. The van der Waals surface area contributed by atoms with Gasteiger partial charge in [-0.25, -0.2) is 0 Å². The molecule has 0 unspecified atom stereocenters. The van der Waals surface area contributed by atoms with Crippen LogP contribution < -0.4 is 5.73 Å². The number of nitrogens with two attached hydrogens (primary N) is 1. The van der Waals surface area contributed by atoms with Gasteiger partial charge in [0, 0.05) is 63.3 Å². The molecule has 0 bridgehead atoms. The smallest absolute Gasteiger partial charge is 0.225 e. The van der Waals surface area contributed by atoms with Gasteiger partial charge >= 0.3 is 0 Å². The van der Waals surface area contributed by atoms with Gasteiger partial charge in [0.15, 0.2) is 0 Å². The van der Waals surface area contributed by atoms with Gasteiger partial charge in [0.25, 0.3) is 0 Å². The molecule has 0 aromatic heterocycles. The number of carbonyl (C=O) groups is 1. The number of piperazine rings is 1. The molecule has 0 aromatic rings. The van der Waals surface area contributed by atoms with Gasteiger partial charge in [-0.05, 0) is 46.0 Å². The summed E-state index contributed by atoms with van der Waals surface area (Å²) in [5.74, 6) is 0.558. The van der Waals surface area contributed by atoms with E-state index in [-0.39, 0.29) is 12.0 Å². The number of rotatable bonds is 4. The van der Waals surface area contributed by atoms with Crippen LogP contribution in [0.2, 0.25) is 0 Å². The summed E-state index contributed by atoms with van der Waals surface area (Å²) >= 11 is 0. The van der Waals surface area contributed by atoms with Gasteiger partial charge in [-0.15, -0.1) is 0 Å². The van der Waals surface area contributed by atoms with Crippen molar-refractivity contribution in [1.82, 2.24) is 14.7 Å². The van der Waals surface area contributed by atoms with Crippen molar-refractivity contribution in [2.75, 3.05) is 39.3 Å². The Morgan fingerprint density at radius 2 is 1.61 bits per heavy atom. The summed E-state index contributed by atoms with van der Waals surface area (Å²) in [6.45, 7) is 10.9. The summed E-state index contributed by atoms with van der Waals surface area (Å²) in [7, 11) is 0. The molecule has 3 aliphatic rings. The van der Waals surface area contributed by atoms with Gasteiger partial charge in [0.05, 0.1) is 0 Å². The molecule has 23 heavy (non-hydrogen) atoms. The maximum Gasteiger partial charge on any atom is 0.225 e. The zero-order chi connectivity index (χ0) is 16.4. The van der Waals surface area contributed by atoms with Crippen LogP contribution in [0.3, 0.4) is 0 Å². The van der Waals surface area contributed by atoms with Crippen LogP contribution in [0.5, 0.6) is 0 Å². The number of carbonyl (C=O) groups excluding carboxylic acids is 1. The van der Waals surface area contributed by atoms with Crippen LogP contribution in [-0.2, 0) is 4.79 Å². The van der Waals surface area contributed by atoms with Gasteiger partial charge in [-0.2, -0.15) is 0 Å². The number of likely N-dealkylation sites (tertiary alicyclic amines) is 1. The van der Waals surface area contributed by atoms with Gasteiger partial charge in [0.1, 0.15) is 0 Å². The summed E-state index contributed by atoms with van der Waals surface area (Å²) in [4.78, 5) is 19.8. The molecule has 4 atom stereocenters. The van der Waals surface area contributed by atoms with E-state index in [2.05, 4.69) is 28.5 Å². The second-order valence-electron chi connectivity index (χ2n) is 7.95. The third-order valence-corrected chi connectivity index (χ3v) is 6.32. The van der Waals surface area contributed by atoms with E-state index in [1.54, 1.807) is 0 Å². The fourth-order valence-corrected chi connectivity index (χ4v) is 4.64. The van der Waals surface area contributed by atoms with Crippen LogP contribution in [0, 0.1) is 5.92 Å². The van der Waals surface area contributed by atoms with Crippen LogP contribution in [-0.4, -0.2) is 78.0 Å². The lowest BCUT2D eigenvalue weighted by Crippen LogP contribution is -2.52. The molecule has 2 aliphatic heterocycles. The minimum atomic E-state index is 0.197. The Hall–Kier alpha value is -0.650. The third kappa shape index (κ3) is 4.06. The van der Waals surface area contributed by atoms with Crippen molar-refractivity contribution >= 4 is 5.91 Å². The minimum Gasteiger partial charge on any atom is -0.340 e. The Labute approximate surface area is 141 Å². The first-order valence-electron chi connectivity index (χ1n) is 9.57. The molecule has 2 saturated heterocycles. The van der Waals surface area contributed by atoms with Gasteiger partial charge in [0.2, 0.25) is 5.91 Å². The zero-order valence-electron chi connectivity index (χ0n) is 14.9. The standard InChI is InChI=1S/C18H34N4O/c1-14-3-4-15(2)22(14)12-9-20-7-10-21(11-8-20)18(23)16-5-6-17(19)13-16/h14-17H,3-13,19H2,1-2H3/t14-,15+,16-,17+/m0/s1. The lowest BCUT2D eigenvalue weighted by atomic mass is 10.1.